The summed E-state index contributed by atoms with van der Waals surface area (Å²) in [6.07, 6.45) is 0. The number of carbonyl (C=O) groups is 1. The van der Waals surface area contributed by atoms with Gasteiger partial charge in [0.25, 0.3) is 0 Å². The molecule has 0 aliphatic carbocycles. The predicted octanol–water partition coefficient (Wildman–Crippen LogP) is 3.25. The Hall–Kier alpha value is -1.89. The molecule has 6 heteroatoms. The minimum atomic E-state index is -0.173. The monoisotopic (exact) mass is 345 g/mol. The number of carbonyl (C=O) groups excluding carboxylic acids is 1. The zero-order chi connectivity index (χ0) is 16.8. The molecule has 1 aromatic carbocycles. The molecule has 2 amide bonds. The van der Waals surface area contributed by atoms with Crippen molar-refractivity contribution in [2.45, 2.75) is 13.0 Å². The van der Waals surface area contributed by atoms with Crippen LogP contribution >= 0.6 is 11.3 Å². The minimum Gasteiger partial charge on any atom is -0.379 e. The molecule has 2 N–H and O–H groups in total. The smallest absolute Gasteiger partial charge is 0.319 e. The molecule has 2 aromatic rings. The predicted molar refractivity (Wildman–Crippen MR) is 97.7 cm³/mol. The van der Waals surface area contributed by atoms with Gasteiger partial charge in [-0.2, -0.15) is 0 Å². The lowest BCUT2D eigenvalue weighted by atomic mass is 10.2. The largest absolute Gasteiger partial charge is 0.379 e. The zero-order valence-electron chi connectivity index (χ0n) is 13.8. The standard InChI is InChI=1S/C18H23N3O2S/c1-14-4-6-15(7-5-14)20-18(22)19-13-16(17-3-2-12-24-17)21-8-10-23-11-9-21/h2-7,12,16H,8-11,13H2,1H3,(H2,19,20,22). The van der Waals surface area contributed by atoms with Crippen LogP contribution in [0.25, 0.3) is 0 Å². The first-order valence-corrected chi connectivity index (χ1v) is 9.07. The molecular weight excluding hydrogens is 322 g/mol. The van der Waals surface area contributed by atoms with Gasteiger partial charge in [0.05, 0.1) is 19.3 Å². The van der Waals surface area contributed by atoms with Crippen molar-refractivity contribution in [1.29, 1.82) is 0 Å². The maximum absolute atomic E-state index is 12.2. The van der Waals surface area contributed by atoms with Crippen LogP contribution in [0.15, 0.2) is 41.8 Å². The number of thiophene rings is 1. The van der Waals surface area contributed by atoms with Gasteiger partial charge in [0.1, 0.15) is 0 Å². The van der Waals surface area contributed by atoms with Crippen LogP contribution in [-0.2, 0) is 4.74 Å². The summed E-state index contributed by atoms with van der Waals surface area (Å²) in [6.45, 7) is 5.89. The third-order valence-corrected chi connectivity index (χ3v) is 5.10. The highest BCUT2D eigenvalue weighted by atomic mass is 32.1. The molecular formula is C18H23N3O2S. The highest BCUT2D eigenvalue weighted by molar-refractivity contribution is 7.10. The summed E-state index contributed by atoms with van der Waals surface area (Å²) in [6, 6.07) is 12.0. The minimum absolute atomic E-state index is 0.173. The summed E-state index contributed by atoms with van der Waals surface area (Å²) in [5, 5.41) is 7.97. The summed E-state index contributed by atoms with van der Waals surface area (Å²) < 4.78 is 5.44. The molecule has 1 atom stereocenters. The van der Waals surface area contributed by atoms with Crippen molar-refractivity contribution in [3.63, 3.8) is 0 Å². The molecule has 128 valence electrons. The van der Waals surface area contributed by atoms with Crippen LogP contribution in [-0.4, -0.2) is 43.8 Å². The molecule has 0 radical (unpaired) electrons. The number of ether oxygens (including phenoxy) is 1. The Kier molecular flexibility index (Phi) is 5.85. The lowest BCUT2D eigenvalue weighted by Crippen LogP contribution is -2.44. The number of morpholine rings is 1. The van der Waals surface area contributed by atoms with Gasteiger partial charge < -0.3 is 15.4 Å². The van der Waals surface area contributed by atoms with Crippen LogP contribution < -0.4 is 10.6 Å². The van der Waals surface area contributed by atoms with Crippen molar-refractivity contribution in [2.75, 3.05) is 38.2 Å². The maximum atomic E-state index is 12.2. The lowest BCUT2D eigenvalue weighted by molar-refractivity contribution is 0.0175. The fourth-order valence-corrected chi connectivity index (χ4v) is 3.64. The Balaban J connectivity index is 1.58. The van der Waals surface area contributed by atoms with E-state index in [1.165, 1.54) is 10.4 Å². The number of benzene rings is 1. The normalized spacial score (nSPS) is 16.5. The van der Waals surface area contributed by atoms with Crippen molar-refractivity contribution in [1.82, 2.24) is 10.2 Å². The van der Waals surface area contributed by atoms with Crippen molar-refractivity contribution < 1.29 is 9.53 Å². The number of hydrogen-bond acceptors (Lipinski definition) is 4. The molecule has 0 saturated carbocycles. The molecule has 5 nitrogen and oxygen atoms in total. The van der Waals surface area contributed by atoms with E-state index in [1.807, 2.05) is 31.2 Å². The van der Waals surface area contributed by atoms with E-state index in [9.17, 15) is 4.79 Å². The van der Waals surface area contributed by atoms with Gasteiger partial charge in [-0.3, -0.25) is 4.90 Å². The van der Waals surface area contributed by atoms with Crippen LogP contribution in [0.5, 0.6) is 0 Å². The van der Waals surface area contributed by atoms with E-state index in [4.69, 9.17) is 4.74 Å². The molecule has 0 bridgehead atoms. The number of hydrogen-bond donors (Lipinski definition) is 2. The third-order valence-electron chi connectivity index (χ3n) is 4.12. The SMILES string of the molecule is Cc1ccc(NC(=O)NCC(c2cccs2)N2CCOCC2)cc1. The Bertz CT molecular complexity index is 637. The summed E-state index contributed by atoms with van der Waals surface area (Å²) in [5.74, 6) is 0. The second-order valence-electron chi connectivity index (χ2n) is 5.88. The summed E-state index contributed by atoms with van der Waals surface area (Å²) in [4.78, 5) is 15.8. The first-order chi connectivity index (χ1) is 11.7. The van der Waals surface area contributed by atoms with Crippen LogP contribution in [0, 0.1) is 6.92 Å². The number of urea groups is 1. The van der Waals surface area contributed by atoms with Gasteiger partial charge in [0.2, 0.25) is 0 Å². The topological polar surface area (TPSA) is 53.6 Å². The van der Waals surface area contributed by atoms with Crippen LogP contribution in [0.2, 0.25) is 0 Å². The fourth-order valence-electron chi connectivity index (χ4n) is 2.78. The number of nitrogens with one attached hydrogen (secondary N) is 2. The average Bonchev–Trinajstić information content (AvgIpc) is 3.12. The van der Waals surface area contributed by atoms with Crippen LogP contribution in [0.4, 0.5) is 10.5 Å². The molecule has 1 aromatic heterocycles. The van der Waals surface area contributed by atoms with E-state index in [1.54, 1.807) is 11.3 Å². The fraction of sp³-hybridized carbons (Fsp3) is 0.389. The average molecular weight is 345 g/mol. The highest BCUT2D eigenvalue weighted by Crippen LogP contribution is 2.25. The molecule has 3 rings (SSSR count). The highest BCUT2D eigenvalue weighted by Gasteiger charge is 2.23. The van der Waals surface area contributed by atoms with Crippen molar-refractivity contribution in [2.24, 2.45) is 0 Å². The van der Waals surface area contributed by atoms with E-state index in [-0.39, 0.29) is 12.1 Å². The molecule has 1 fully saturated rings. The van der Waals surface area contributed by atoms with E-state index in [2.05, 4.69) is 33.0 Å². The first kappa shape index (κ1) is 17.0. The molecule has 1 unspecified atom stereocenters. The summed E-state index contributed by atoms with van der Waals surface area (Å²) >= 11 is 1.73. The lowest BCUT2D eigenvalue weighted by Gasteiger charge is -2.34. The van der Waals surface area contributed by atoms with Crippen molar-refractivity contribution in [3.8, 4) is 0 Å². The number of nitrogens with zero attached hydrogens (tertiary/aromatic N) is 1. The van der Waals surface area contributed by atoms with Gasteiger partial charge >= 0.3 is 6.03 Å². The van der Waals surface area contributed by atoms with Gasteiger partial charge in [0.15, 0.2) is 0 Å². The van der Waals surface area contributed by atoms with E-state index in [0.717, 1.165) is 32.0 Å². The summed E-state index contributed by atoms with van der Waals surface area (Å²) in [7, 11) is 0. The van der Waals surface area contributed by atoms with Crippen LogP contribution in [0.3, 0.4) is 0 Å². The second kappa shape index (κ2) is 8.28. The van der Waals surface area contributed by atoms with Crippen molar-refractivity contribution in [3.05, 3.63) is 52.2 Å². The second-order valence-corrected chi connectivity index (χ2v) is 6.86. The molecule has 0 spiro atoms. The Morgan fingerprint density at radius 2 is 2.00 bits per heavy atom. The van der Waals surface area contributed by atoms with E-state index < -0.39 is 0 Å². The van der Waals surface area contributed by atoms with Gasteiger partial charge in [0, 0.05) is 30.2 Å². The first-order valence-electron chi connectivity index (χ1n) is 8.19. The number of anilines is 1. The summed E-state index contributed by atoms with van der Waals surface area (Å²) in [5.41, 5.74) is 1.98. The van der Waals surface area contributed by atoms with Gasteiger partial charge in [-0.1, -0.05) is 23.8 Å². The Labute approximate surface area is 146 Å². The van der Waals surface area contributed by atoms with Gasteiger partial charge in [-0.25, -0.2) is 4.79 Å². The number of amides is 2. The number of rotatable bonds is 5. The molecule has 24 heavy (non-hydrogen) atoms. The third kappa shape index (κ3) is 4.56. The Morgan fingerprint density at radius 3 is 2.67 bits per heavy atom. The Morgan fingerprint density at radius 1 is 1.25 bits per heavy atom. The maximum Gasteiger partial charge on any atom is 0.319 e. The molecule has 1 saturated heterocycles. The van der Waals surface area contributed by atoms with Gasteiger partial charge in [-0.15, -0.1) is 11.3 Å². The molecule has 1 aliphatic heterocycles. The van der Waals surface area contributed by atoms with Crippen molar-refractivity contribution >= 4 is 23.1 Å². The van der Waals surface area contributed by atoms with Gasteiger partial charge in [-0.05, 0) is 30.5 Å². The quantitative estimate of drug-likeness (QED) is 0.875. The molecule has 2 heterocycles. The zero-order valence-corrected chi connectivity index (χ0v) is 14.6. The van der Waals surface area contributed by atoms with E-state index >= 15 is 0 Å². The van der Waals surface area contributed by atoms with Crippen LogP contribution in [0.1, 0.15) is 16.5 Å². The number of aryl methyl sites for hydroxylation is 1. The molecule has 1 aliphatic rings. The van der Waals surface area contributed by atoms with E-state index in [0.29, 0.717) is 6.54 Å².